The molecule has 3 N–H and O–H groups in total. The van der Waals surface area contributed by atoms with Crippen molar-refractivity contribution in [3.05, 3.63) is 47.7 Å². The number of nitrogens with zero attached hydrogens (tertiary/aromatic N) is 2. The minimum Gasteiger partial charge on any atom is -0.451 e. The summed E-state index contributed by atoms with van der Waals surface area (Å²) >= 11 is 0. The van der Waals surface area contributed by atoms with Gasteiger partial charge in [-0.3, -0.25) is 19.6 Å². The summed E-state index contributed by atoms with van der Waals surface area (Å²) in [7, 11) is 0. The number of carbonyl (C=O) groups excluding carboxylic acids is 3. The Bertz CT molecular complexity index is 934. The SMILES string of the molecule is CCCCC[C@H](CN(O)C=O)C(=O)NCNC(=O)c1ccc(-c2cccc(C#N)c2)o1. The molecule has 31 heavy (non-hydrogen) atoms. The highest BCUT2D eigenvalue weighted by Gasteiger charge is 2.21. The molecule has 9 heteroatoms. The van der Waals surface area contributed by atoms with Gasteiger partial charge in [-0.15, -0.1) is 0 Å². The maximum Gasteiger partial charge on any atom is 0.288 e. The first-order valence-corrected chi connectivity index (χ1v) is 10.1. The zero-order valence-electron chi connectivity index (χ0n) is 17.3. The topological polar surface area (TPSA) is 136 Å². The quantitative estimate of drug-likeness (QED) is 0.157. The van der Waals surface area contributed by atoms with Crippen LogP contribution in [-0.2, 0) is 9.59 Å². The molecule has 1 aromatic heterocycles. The van der Waals surface area contributed by atoms with Crippen molar-refractivity contribution in [3.8, 4) is 17.4 Å². The molecule has 0 fully saturated rings. The van der Waals surface area contributed by atoms with Crippen molar-refractivity contribution in [1.29, 1.82) is 5.26 Å². The van der Waals surface area contributed by atoms with Crippen LogP contribution in [0.4, 0.5) is 0 Å². The smallest absolute Gasteiger partial charge is 0.288 e. The molecule has 1 atom stereocenters. The minimum absolute atomic E-state index is 0.0635. The van der Waals surface area contributed by atoms with E-state index in [1.807, 2.05) is 13.0 Å². The number of nitrogens with one attached hydrogen (secondary N) is 2. The summed E-state index contributed by atoms with van der Waals surface area (Å²) in [6.07, 6.45) is 3.47. The highest BCUT2D eigenvalue weighted by Crippen LogP contribution is 2.23. The second kappa shape index (κ2) is 12.1. The number of rotatable bonds is 12. The van der Waals surface area contributed by atoms with Gasteiger partial charge in [0, 0.05) is 5.56 Å². The number of hydrogen-bond acceptors (Lipinski definition) is 6. The summed E-state index contributed by atoms with van der Waals surface area (Å²) in [5, 5.41) is 24.0. The Morgan fingerprint density at radius 3 is 2.77 bits per heavy atom. The fraction of sp³-hybridized carbons (Fsp3) is 0.364. The third kappa shape index (κ3) is 7.28. The van der Waals surface area contributed by atoms with Gasteiger partial charge in [0.2, 0.25) is 12.3 Å². The number of furan rings is 1. The first-order chi connectivity index (χ1) is 15.0. The summed E-state index contributed by atoms with van der Waals surface area (Å²) in [6.45, 7) is 1.79. The van der Waals surface area contributed by atoms with Crippen molar-refractivity contribution in [2.24, 2.45) is 5.92 Å². The van der Waals surface area contributed by atoms with Gasteiger partial charge in [0.25, 0.3) is 5.91 Å². The molecule has 9 nitrogen and oxygen atoms in total. The molecular formula is C22H26N4O5. The Morgan fingerprint density at radius 1 is 1.26 bits per heavy atom. The molecule has 1 aromatic carbocycles. The first kappa shape index (κ1) is 23.6. The number of unbranched alkanes of at least 4 members (excludes halogenated alkanes) is 2. The van der Waals surface area contributed by atoms with E-state index in [2.05, 4.69) is 10.6 Å². The molecule has 0 bridgehead atoms. The maximum atomic E-state index is 12.4. The van der Waals surface area contributed by atoms with E-state index in [1.54, 1.807) is 30.3 Å². The molecule has 164 valence electrons. The van der Waals surface area contributed by atoms with E-state index < -0.39 is 11.8 Å². The van der Waals surface area contributed by atoms with Crippen LogP contribution in [0.5, 0.6) is 0 Å². The molecule has 0 spiro atoms. The standard InChI is InChI=1S/C22H26N4O5/c1-2-3-4-7-18(13-26(30)15-27)21(28)24-14-25-22(29)20-10-9-19(31-20)17-8-5-6-16(11-17)12-23/h5-6,8-11,15,18,30H,2-4,7,13-14H2,1H3,(H,24,28)(H,25,29)/t18-/m1/s1. The van der Waals surface area contributed by atoms with E-state index in [4.69, 9.17) is 9.68 Å². The number of amides is 3. The lowest BCUT2D eigenvalue weighted by molar-refractivity contribution is -0.154. The predicted molar refractivity (Wildman–Crippen MR) is 112 cm³/mol. The molecule has 0 aliphatic rings. The fourth-order valence-electron chi connectivity index (χ4n) is 3.01. The lowest BCUT2D eigenvalue weighted by atomic mass is 10.0. The molecule has 0 radical (unpaired) electrons. The molecular weight excluding hydrogens is 400 g/mol. The van der Waals surface area contributed by atoms with Crippen molar-refractivity contribution < 1.29 is 24.0 Å². The average Bonchev–Trinajstić information content (AvgIpc) is 3.28. The third-order valence-electron chi connectivity index (χ3n) is 4.67. The number of nitriles is 1. The Morgan fingerprint density at radius 2 is 2.06 bits per heavy atom. The summed E-state index contributed by atoms with van der Waals surface area (Å²) < 4.78 is 5.56. The Hall–Kier alpha value is -3.64. The van der Waals surface area contributed by atoms with Crippen molar-refractivity contribution >= 4 is 18.2 Å². The number of carbonyl (C=O) groups is 3. The van der Waals surface area contributed by atoms with Gasteiger partial charge in [0.1, 0.15) is 5.76 Å². The molecule has 0 saturated carbocycles. The van der Waals surface area contributed by atoms with E-state index >= 15 is 0 Å². The Balaban J connectivity index is 1.89. The van der Waals surface area contributed by atoms with E-state index in [1.165, 1.54) is 6.07 Å². The molecule has 2 aromatic rings. The molecule has 2 rings (SSSR count). The summed E-state index contributed by atoms with van der Waals surface area (Å²) in [5.41, 5.74) is 1.15. The molecule has 3 amide bonds. The van der Waals surface area contributed by atoms with Crippen molar-refractivity contribution in [2.75, 3.05) is 13.2 Å². The lowest BCUT2D eigenvalue weighted by Crippen LogP contribution is -2.42. The Kier molecular flexibility index (Phi) is 9.26. The number of hydroxylamine groups is 2. The van der Waals surface area contributed by atoms with Crippen molar-refractivity contribution in [2.45, 2.75) is 32.6 Å². The van der Waals surface area contributed by atoms with Gasteiger partial charge in [-0.25, -0.2) is 5.06 Å². The van der Waals surface area contributed by atoms with Gasteiger partial charge in [-0.05, 0) is 30.7 Å². The first-order valence-electron chi connectivity index (χ1n) is 10.1. The van der Waals surface area contributed by atoms with Crippen LogP contribution in [0, 0.1) is 17.2 Å². The maximum absolute atomic E-state index is 12.4. The largest absolute Gasteiger partial charge is 0.451 e. The highest BCUT2D eigenvalue weighted by molar-refractivity contribution is 5.92. The molecule has 0 unspecified atom stereocenters. The van der Waals surface area contributed by atoms with Crippen LogP contribution in [0.3, 0.4) is 0 Å². The van der Waals surface area contributed by atoms with E-state index in [0.29, 0.717) is 28.4 Å². The number of hydrogen-bond donors (Lipinski definition) is 3. The monoisotopic (exact) mass is 426 g/mol. The van der Waals surface area contributed by atoms with Gasteiger partial charge in [0.05, 0.1) is 30.8 Å². The van der Waals surface area contributed by atoms with Gasteiger partial charge >= 0.3 is 0 Å². The van der Waals surface area contributed by atoms with Gasteiger partial charge in [-0.2, -0.15) is 5.26 Å². The normalized spacial score (nSPS) is 11.3. The summed E-state index contributed by atoms with van der Waals surface area (Å²) in [5.74, 6) is -0.956. The van der Waals surface area contributed by atoms with Crippen LogP contribution in [-0.4, -0.2) is 41.7 Å². The summed E-state index contributed by atoms with van der Waals surface area (Å²) in [6, 6.07) is 12.0. The molecule has 1 heterocycles. The van der Waals surface area contributed by atoms with Crippen LogP contribution < -0.4 is 10.6 Å². The van der Waals surface area contributed by atoms with E-state index in [-0.39, 0.29) is 31.3 Å². The van der Waals surface area contributed by atoms with Crippen LogP contribution in [0.25, 0.3) is 11.3 Å². The minimum atomic E-state index is -0.582. The van der Waals surface area contributed by atoms with Crippen LogP contribution >= 0.6 is 0 Å². The van der Waals surface area contributed by atoms with Gasteiger partial charge < -0.3 is 15.1 Å². The molecule has 0 saturated heterocycles. The summed E-state index contributed by atoms with van der Waals surface area (Å²) in [4.78, 5) is 35.3. The third-order valence-corrected chi connectivity index (χ3v) is 4.67. The Labute approximate surface area is 180 Å². The van der Waals surface area contributed by atoms with Gasteiger partial charge in [-0.1, -0.05) is 38.3 Å². The molecule has 0 aliphatic carbocycles. The average molecular weight is 426 g/mol. The van der Waals surface area contributed by atoms with Gasteiger partial charge in [0.15, 0.2) is 5.76 Å². The van der Waals surface area contributed by atoms with Crippen LogP contribution in [0.1, 0.15) is 48.7 Å². The second-order valence-corrected chi connectivity index (χ2v) is 7.00. The fourth-order valence-corrected chi connectivity index (χ4v) is 3.01. The molecule has 0 aliphatic heterocycles. The number of benzene rings is 1. The zero-order chi connectivity index (χ0) is 22.6. The van der Waals surface area contributed by atoms with E-state index in [9.17, 15) is 19.6 Å². The van der Waals surface area contributed by atoms with Crippen LogP contribution in [0.2, 0.25) is 0 Å². The predicted octanol–water partition coefficient (Wildman–Crippen LogP) is 2.67. The van der Waals surface area contributed by atoms with Crippen molar-refractivity contribution in [3.63, 3.8) is 0 Å². The second-order valence-electron chi connectivity index (χ2n) is 7.00. The zero-order valence-corrected chi connectivity index (χ0v) is 17.3. The van der Waals surface area contributed by atoms with Crippen molar-refractivity contribution in [1.82, 2.24) is 15.7 Å². The highest BCUT2D eigenvalue weighted by atomic mass is 16.5. The van der Waals surface area contributed by atoms with E-state index in [0.717, 1.165) is 19.3 Å². The lowest BCUT2D eigenvalue weighted by Gasteiger charge is -2.19. The van der Waals surface area contributed by atoms with Crippen LogP contribution in [0.15, 0.2) is 40.8 Å².